The quantitative estimate of drug-likeness (QED) is 0.632. The first-order chi connectivity index (χ1) is 5.18. The average Bonchev–Trinajstić information content (AvgIpc) is 1.85. The molecular formula is C8H10INO. The monoisotopic (exact) mass is 263 g/mol. The molecule has 0 aliphatic carbocycles. The van der Waals surface area contributed by atoms with E-state index in [4.69, 9.17) is 5.11 Å². The number of hydrogen-bond acceptors (Lipinski definition) is 2. The third-order valence-corrected chi connectivity index (χ3v) is 1.87. The summed E-state index contributed by atoms with van der Waals surface area (Å²) in [7, 11) is 0. The molecule has 3 heteroatoms. The van der Waals surface area contributed by atoms with Crippen LogP contribution in [0.2, 0.25) is 0 Å². The number of benzene rings is 1. The molecule has 0 spiro atoms. The molecule has 11 heavy (non-hydrogen) atoms. The lowest BCUT2D eigenvalue weighted by Gasteiger charge is -2.08. The van der Waals surface area contributed by atoms with Crippen LogP contribution in [-0.4, -0.2) is 11.3 Å². The smallest absolute Gasteiger partial charge is 0.121 e. The van der Waals surface area contributed by atoms with E-state index in [0.29, 0.717) is 0 Å². The van der Waals surface area contributed by atoms with Crippen LogP contribution >= 0.6 is 22.6 Å². The van der Waals surface area contributed by atoms with Gasteiger partial charge in [-0.2, -0.15) is 0 Å². The van der Waals surface area contributed by atoms with Gasteiger partial charge in [0.05, 0.1) is 0 Å². The summed E-state index contributed by atoms with van der Waals surface area (Å²) in [4.78, 5) is 0. The van der Waals surface area contributed by atoms with E-state index in [1.807, 2.05) is 24.3 Å². The number of rotatable bonds is 2. The molecule has 0 heterocycles. The zero-order valence-electron chi connectivity index (χ0n) is 6.21. The Balaban J connectivity index is 2.71. The Hall–Kier alpha value is -0.290. The standard InChI is InChI=1S/C8H10INO/c1-6(11)10-8-4-2-3-7(9)5-8/h2-6,10-11H,1H3. The van der Waals surface area contributed by atoms with Crippen LogP contribution in [0, 0.1) is 3.57 Å². The Bertz CT molecular complexity index is 237. The van der Waals surface area contributed by atoms with Gasteiger partial charge in [-0.05, 0) is 47.7 Å². The molecule has 1 unspecified atom stereocenters. The predicted molar refractivity (Wildman–Crippen MR) is 54.5 cm³/mol. The van der Waals surface area contributed by atoms with E-state index < -0.39 is 6.23 Å². The summed E-state index contributed by atoms with van der Waals surface area (Å²) in [5, 5.41) is 11.9. The molecule has 0 aliphatic rings. The lowest BCUT2D eigenvalue weighted by atomic mass is 10.3. The number of halogens is 1. The molecule has 1 aromatic carbocycles. The molecule has 0 bridgehead atoms. The number of nitrogens with one attached hydrogen (secondary N) is 1. The molecule has 0 aliphatic heterocycles. The molecule has 1 atom stereocenters. The van der Waals surface area contributed by atoms with Gasteiger partial charge < -0.3 is 10.4 Å². The van der Waals surface area contributed by atoms with E-state index in [1.165, 1.54) is 0 Å². The second kappa shape index (κ2) is 3.92. The highest BCUT2D eigenvalue weighted by atomic mass is 127. The first kappa shape index (κ1) is 8.80. The fourth-order valence-corrected chi connectivity index (χ4v) is 1.36. The average molecular weight is 263 g/mol. The van der Waals surface area contributed by atoms with Gasteiger partial charge in [0.1, 0.15) is 6.23 Å². The van der Waals surface area contributed by atoms with Gasteiger partial charge in [-0.15, -0.1) is 0 Å². The molecule has 0 fully saturated rings. The maximum absolute atomic E-state index is 8.98. The molecule has 0 saturated carbocycles. The van der Waals surface area contributed by atoms with Crippen molar-refractivity contribution in [2.24, 2.45) is 0 Å². The lowest BCUT2D eigenvalue weighted by Crippen LogP contribution is -2.13. The fourth-order valence-electron chi connectivity index (χ4n) is 0.819. The first-order valence-corrected chi connectivity index (χ1v) is 4.46. The van der Waals surface area contributed by atoms with Crippen molar-refractivity contribution in [2.75, 3.05) is 5.32 Å². The van der Waals surface area contributed by atoms with Gasteiger partial charge >= 0.3 is 0 Å². The topological polar surface area (TPSA) is 32.3 Å². The molecule has 2 N–H and O–H groups in total. The summed E-state index contributed by atoms with van der Waals surface area (Å²) < 4.78 is 1.16. The van der Waals surface area contributed by atoms with Crippen molar-refractivity contribution in [3.8, 4) is 0 Å². The number of aliphatic hydroxyl groups excluding tert-OH is 1. The van der Waals surface area contributed by atoms with Gasteiger partial charge in [0.2, 0.25) is 0 Å². The van der Waals surface area contributed by atoms with E-state index in [9.17, 15) is 0 Å². The van der Waals surface area contributed by atoms with Crippen LogP contribution in [0.4, 0.5) is 5.69 Å². The second-order valence-electron chi connectivity index (χ2n) is 2.33. The zero-order chi connectivity index (χ0) is 8.27. The van der Waals surface area contributed by atoms with Gasteiger partial charge in [-0.25, -0.2) is 0 Å². The molecule has 0 aromatic heterocycles. The van der Waals surface area contributed by atoms with Crippen LogP contribution in [0.5, 0.6) is 0 Å². The van der Waals surface area contributed by atoms with Crippen molar-refractivity contribution in [3.05, 3.63) is 27.8 Å². The maximum Gasteiger partial charge on any atom is 0.121 e. The van der Waals surface area contributed by atoms with Gasteiger partial charge in [0.15, 0.2) is 0 Å². The van der Waals surface area contributed by atoms with Gasteiger partial charge in [0.25, 0.3) is 0 Å². The SMILES string of the molecule is CC(O)Nc1cccc(I)c1. The van der Waals surface area contributed by atoms with Crippen molar-refractivity contribution in [2.45, 2.75) is 13.2 Å². The fraction of sp³-hybridized carbons (Fsp3) is 0.250. The Morgan fingerprint density at radius 2 is 2.27 bits per heavy atom. The largest absolute Gasteiger partial charge is 0.374 e. The van der Waals surface area contributed by atoms with Gasteiger partial charge in [-0.3, -0.25) is 0 Å². The summed E-state index contributed by atoms with van der Waals surface area (Å²) in [6, 6.07) is 7.86. The van der Waals surface area contributed by atoms with Crippen molar-refractivity contribution >= 4 is 28.3 Å². The normalized spacial score (nSPS) is 12.6. The van der Waals surface area contributed by atoms with Crippen LogP contribution in [-0.2, 0) is 0 Å². The van der Waals surface area contributed by atoms with E-state index in [0.717, 1.165) is 9.26 Å². The summed E-state index contributed by atoms with van der Waals surface area (Å²) in [6.45, 7) is 1.69. The van der Waals surface area contributed by atoms with Crippen molar-refractivity contribution in [1.82, 2.24) is 0 Å². The second-order valence-corrected chi connectivity index (χ2v) is 3.58. The van der Waals surface area contributed by atoms with E-state index >= 15 is 0 Å². The Kier molecular flexibility index (Phi) is 3.14. The molecule has 1 rings (SSSR count). The third-order valence-electron chi connectivity index (χ3n) is 1.20. The Labute approximate surface area is 79.8 Å². The minimum Gasteiger partial charge on any atom is -0.374 e. The Morgan fingerprint density at radius 3 is 2.82 bits per heavy atom. The minimum absolute atomic E-state index is 0.492. The van der Waals surface area contributed by atoms with E-state index in [1.54, 1.807) is 6.92 Å². The first-order valence-electron chi connectivity index (χ1n) is 3.38. The van der Waals surface area contributed by atoms with Gasteiger partial charge in [-0.1, -0.05) is 6.07 Å². The van der Waals surface area contributed by atoms with Crippen molar-refractivity contribution in [1.29, 1.82) is 0 Å². The predicted octanol–water partition coefficient (Wildman–Crippen LogP) is 2.04. The zero-order valence-corrected chi connectivity index (χ0v) is 8.37. The molecular weight excluding hydrogens is 253 g/mol. The molecule has 0 radical (unpaired) electrons. The van der Waals surface area contributed by atoms with E-state index in [2.05, 4.69) is 27.9 Å². The molecule has 1 aromatic rings. The molecule has 2 nitrogen and oxygen atoms in total. The summed E-state index contributed by atoms with van der Waals surface area (Å²) >= 11 is 2.23. The minimum atomic E-state index is -0.492. The van der Waals surface area contributed by atoms with Crippen LogP contribution in [0.15, 0.2) is 24.3 Å². The van der Waals surface area contributed by atoms with Crippen LogP contribution < -0.4 is 5.32 Å². The molecule has 0 amide bonds. The van der Waals surface area contributed by atoms with Crippen LogP contribution in [0.1, 0.15) is 6.92 Å². The van der Waals surface area contributed by atoms with Crippen LogP contribution in [0.25, 0.3) is 0 Å². The summed E-state index contributed by atoms with van der Waals surface area (Å²) in [5.41, 5.74) is 0.951. The highest BCUT2D eigenvalue weighted by Gasteiger charge is 1.95. The third kappa shape index (κ3) is 3.07. The van der Waals surface area contributed by atoms with Crippen molar-refractivity contribution < 1.29 is 5.11 Å². The Morgan fingerprint density at radius 1 is 1.55 bits per heavy atom. The maximum atomic E-state index is 8.98. The highest BCUT2D eigenvalue weighted by Crippen LogP contribution is 2.12. The van der Waals surface area contributed by atoms with Crippen LogP contribution in [0.3, 0.4) is 0 Å². The summed E-state index contributed by atoms with van der Waals surface area (Å²) in [5.74, 6) is 0. The van der Waals surface area contributed by atoms with Gasteiger partial charge in [0, 0.05) is 9.26 Å². The number of anilines is 1. The highest BCUT2D eigenvalue weighted by molar-refractivity contribution is 14.1. The van der Waals surface area contributed by atoms with Crippen molar-refractivity contribution in [3.63, 3.8) is 0 Å². The number of aliphatic hydroxyl groups is 1. The molecule has 0 saturated heterocycles. The summed E-state index contributed by atoms with van der Waals surface area (Å²) in [6.07, 6.45) is -0.492. The molecule has 60 valence electrons. The lowest BCUT2D eigenvalue weighted by molar-refractivity contribution is 0.224. The van der Waals surface area contributed by atoms with E-state index in [-0.39, 0.29) is 0 Å². The number of hydrogen-bond donors (Lipinski definition) is 2.